The van der Waals surface area contributed by atoms with E-state index < -0.39 is 11.6 Å². The van der Waals surface area contributed by atoms with Gasteiger partial charge < -0.3 is 42.8 Å². The molecule has 0 amide bonds. The van der Waals surface area contributed by atoms with Gasteiger partial charge in [-0.3, -0.25) is 10.1 Å². The SMILES string of the molecule is COP(=S)(OC)Oc1ccc([N+](=O)[O-])cc1.C[n+]1ccccc1/C=N\O.[I-]. The van der Waals surface area contributed by atoms with Gasteiger partial charge in [0.15, 0.2) is 6.20 Å². The molecular formula is C15H19IN3O6PS. The van der Waals surface area contributed by atoms with Crippen LogP contribution >= 0.6 is 6.72 Å². The van der Waals surface area contributed by atoms with Crippen molar-refractivity contribution in [2.75, 3.05) is 14.2 Å². The van der Waals surface area contributed by atoms with Crippen LogP contribution in [0.5, 0.6) is 5.75 Å². The van der Waals surface area contributed by atoms with Crippen LogP contribution in [0.25, 0.3) is 0 Å². The van der Waals surface area contributed by atoms with E-state index in [1.54, 1.807) is 0 Å². The third kappa shape index (κ3) is 8.71. The minimum Gasteiger partial charge on any atom is -1.00 e. The molecule has 0 aliphatic heterocycles. The van der Waals surface area contributed by atoms with Crippen LogP contribution in [-0.2, 0) is 27.9 Å². The minimum atomic E-state index is -2.78. The van der Waals surface area contributed by atoms with Crippen LogP contribution in [0.3, 0.4) is 0 Å². The Morgan fingerprint density at radius 2 is 1.81 bits per heavy atom. The second-order valence-corrected chi connectivity index (χ2v) is 7.78. The maximum atomic E-state index is 10.4. The molecule has 9 nitrogen and oxygen atoms in total. The Kier molecular flexibility index (Phi) is 11.9. The predicted octanol–water partition coefficient (Wildman–Crippen LogP) is -0.186. The molecule has 27 heavy (non-hydrogen) atoms. The Bertz CT molecular complexity index is 798. The quantitative estimate of drug-likeness (QED) is 0.106. The van der Waals surface area contributed by atoms with Crippen molar-refractivity contribution >= 4 is 30.4 Å². The number of aryl methyl sites for hydroxylation is 1. The van der Waals surface area contributed by atoms with Gasteiger partial charge in [0.25, 0.3) is 5.69 Å². The van der Waals surface area contributed by atoms with Crippen LogP contribution in [-0.4, -0.2) is 30.6 Å². The molecule has 1 aromatic carbocycles. The van der Waals surface area contributed by atoms with E-state index in [2.05, 4.69) is 5.16 Å². The van der Waals surface area contributed by atoms with Crippen molar-refractivity contribution < 1.29 is 52.2 Å². The molecule has 148 valence electrons. The van der Waals surface area contributed by atoms with E-state index in [1.807, 2.05) is 36.0 Å². The molecular weight excluding hydrogens is 508 g/mol. The molecule has 0 aliphatic rings. The number of nitro benzene ring substituents is 1. The van der Waals surface area contributed by atoms with Crippen molar-refractivity contribution in [1.82, 2.24) is 0 Å². The first-order valence-electron chi connectivity index (χ1n) is 7.13. The van der Waals surface area contributed by atoms with Crippen LogP contribution in [0.15, 0.2) is 53.8 Å². The number of pyridine rings is 1. The highest BCUT2D eigenvalue weighted by Crippen LogP contribution is 2.48. The summed E-state index contributed by atoms with van der Waals surface area (Å²) in [5.74, 6) is 0.373. The molecule has 0 spiro atoms. The van der Waals surface area contributed by atoms with E-state index in [1.165, 1.54) is 44.7 Å². The van der Waals surface area contributed by atoms with Crippen LogP contribution < -0.4 is 33.1 Å². The van der Waals surface area contributed by atoms with Gasteiger partial charge in [-0.2, -0.15) is 0 Å². The number of oxime groups is 1. The molecule has 0 saturated heterocycles. The van der Waals surface area contributed by atoms with Gasteiger partial charge in [0.1, 0.15) is 19.0 Å². The topological polar surface area (TPSA) is 107 Å². The Balaban J connectivity index is 0.000000531. The lowest BCUT2D eigenvalue weighted by atomic mass is 10.3. The third-order valence-corrected chi connectivity index (χ3v) is 5.44. The molecule has 0 fully saturated rings. The number of hydrogen-bond acceptors (Lipinski definition) is 8. The Labute approximate surface area is 179 Å². The number of benzene rings is 1. The van der Waals surface area contributed by atoms with Gasteiger partial charge in [-0.15, -0.1) is 0 Å². The molecule has 0 unspecified atom stereocenters. The average molecular weight is 527 g/mol. The first kappa shape index (κ1) is 25.3. The first-order valence-corrected chi connectivity index (χ1v) is 9.68. The number of hydrogen-bond donors (Lipinski definition) is 1. The number of non-ortho nitro benzene ring substituents is 1. The van der Waals surface area contributed by atoms with Crippen molar-refractivity contribution in [2.45, 2.75) is 0 Å². The van der Waals surface area contributed by atoms with Crippen LogP contribution in [0, 0.1) is 10.1 Å². The summed E-state index contributed by atoms with van der Waals surface area (Å²) in [5, 5.41) is 21.5. The lowest BCUT2D eigenvalue weighted by Crippen LogP contribution is -3.00. The number of nitro groups is 1. The molecule has 12 heteroatoms. The van der Waals surface area contributed by atoms with Crippen molar-refractivity contribution in [3.63, 3.8) is 0 Å². The second-order valence-electron chi connectivity index (χ2n) is 4.64. The van der Waals surface area contributed by atoms with Gasteiger partial charge in [0.2, 0.25) is 5.69 Å². The molecule has 1 heterocycles. The van der Waals surface area contributed by atoms with Gasteiger partial charge in [0, 0.05) is 50.3 Å². The number of rotatable bonds is 6. The number of halogens is 1. The van der Waals surface area contributed by atoms with Crippen molar-refractivity contribution in [3.8, 4) is 5.75 Å². The van der Waals surface area contributed by atoms with Gasteiger partial charge >= 0.3 is 6.72 Å². The average Bonchev–Trinajstić information content (AvgIpc) is 2.65. The summed E-state index contributed by atoms with van der Waals surface area (Å²) < 4.78 is 17.0. The van der Waals surface area contributed by atoms with E-state index in [9.17, 15) is 10.1 Å². The maximum absolute atomic E-state index is 10.4. The van der Waals surface area contributed by atoms with E-state index in [0.29, 0.717) is 5.75 Å². The molecule has 0 radical (unpaired) electrons. The zero-order valence-corrected chi connectivity index (χ0v) is 18.6. The summed E-state index contributed by atoms with van der Waals surface area (Å²) >= 11 is 4.98. The molecule has 1 N–H and O–H groups in total. The minimum absolute atomic E-state index is 0. The molecule has 0 bridgehead atoms. The molecule has 1 aromatic heterocycles. The van der Waals surface area contributed by atoms with E-state index in [0.717, 1.165) is 5.69 Å². The van der Waals surface area contributed by atoms with Gasteiger partial charge in [-0.05, 0) is 18.2 Å². The highest BCUT2D eigenvalue weighted by Gasteiger charge is 2.18. The Morgan fingerprint density at radius 3 is 2.26 bits per heavy atom. The van der Waals surface area contributed by atoms with Gasteiger partial charge in [0.05, 0.1) is 4.92 Å². The fraction of sp³-hybridized carbons (Fsp3) is 0.200. The molecule has 2 aromatic rings. The monoisotopic (exact) mass is 527 g/mol. The Morgan fingerprint density at radius 1 is 1.22 bits per heavy atom. The van der Waals surface area contributed by atoms with Crippen molar-refractivity contribution in [3.05, 3.63) is 64.5 Å². The standard InChI is InChI=1S/C8H10NO5PS.C7H8N2O.HI/c1-12-15(16,13-2)14-8-5-3-7(4-6-8)9(10)11;1-9-5-3-2-4-7(9)6-8-10;/h3-6H,1-2H3;2-6H,1H3;1H. The second kappa shape index (κ2) is 12.7. The normalized spacial score (nSPS) is 10.5. The lowest BCUT2D eigenvalue weighted by molar-refractivity contribution is -0.672. The van der Waals surface area contributed by atoms with Crippen molar-refractivity contribution in [1.29, 1.82) is 0 Å². The first-order chi connectivity index (χ1) is 12.3. The summed E-state index contributed by atoms with van der Waals surface area (Å²) in [5.41, 5.74) is 0.848. The van der Waals surface area contributed by atoms with E-state index in [4.69, 9.17) is 30.6 Å². The summed E-state index contributed by atoms with van der Waals surface area (Å²) in [6, 6.07) is 11.2. The Hall–Kier alpha value is -1.66. The van der Waals surface area contributed by atoms with E-state index in [-0.39, 0.29) is 29.7 Å². The summed E-state index contributed by atoms with van der Waals surface area (Å²) in [6.07, 6.45) is 3.27. The third-order valence-electron chi connectivity index (χ3n) is 3.00. The molecule has 0 saturated carbocycles. The zero-order valence-electron chi connectivity index (χ0n) is 14.8. The van der Waals surface area contributed by atoms with Crippen LogP contribution in [0.4, 0.5) is 5.69 Å². The maximum Gasteiger partial charge on any atom is 0.380 e. The fourth-order valence-electron chi connectivity index (χ4n) is 1.64. The van der Waals surface area contributed by atoms with Crippen LogP contribution in [0.1, 0.15) is 5.69 Å². The van der Waals surface area contributed by atoms with Crippen LogP contribution in [0.2, 0.25) is 0 Å². The fourth-order valence-corrected chi connectivity index (χ4v) is 2.57. The predicted molar refractivity (Wildman–Crippen MR) is 99.0 cm³/mol. The van der Waals surface area contributed by atoms with Crippen molar-refractivity contribution in [2.24, 2.45) is 12.2 Å². The zero-order chi connectivity index (χ0) is 19.6. The molecule has 0 atom stereocenters. The van der Waals surface area contributed by atoms with E-state index >= 15 is 0 Å². The summed E-state index contributed by atoms with van der Waals surface area (Å²) in [4.78, 5) is 9.92. The summed E-state index contributed by atoms with van der Waals surface area (Å²) in [6.45, 7) is -2.78. The number of aromatic nitrogens is 1. The van der Waals surface area contributed by atoms with Gasteiger partial charge in [-0.25, -0.2) is 4.57 Å². The van der Waals surface area contributed by atoms with Gasteiger partial charge in [-0.1, -0.05) is 5.16 Å². The smallest absolute Gasteiger partial charge is 0.380 e. The molecule has 0 aliphatic carbocycles. The molecule has 2 rings (SSSR count). The highest BCUT2D eigenvalue weighted by atomic mass is 127. The highest BCUT2D eigenvalue weighted by molar-refractivity contribution is 8.07. The number of nitrogens with zero attached hydrogens (tertiary/aromatic N) is 3. The summed E-state index contributed by atoms with van der Waals surface area (Å²) in [7, 11) is 4.66. The largest absolute Gasteiger partial charge is 1.00 e. The lowest BCUT2D eigenvalue weighted by Gasteiger charge is -2.17.